The van der Waals surface area contributed by atoms with Crippen molar-refractivity contribution in [2.24, 2.45) is 0 Å². The topological polar surface area (TPSA) is 185 Å². The predicted molar refractivity (Wildman–Crippen MR) is 371 cm³/mol. The zero-order valence-electron chi connectivity index (χ0n) is 62.2. The van der Waals surface area contributed by atoms with Gasteiger partial charge in [0.25, 0.3) is 0 Å². The van der Waals surface area contributed by atoms with E-state index in [1.165, 1.54) is 0 Å². The first-order chi connectivity index (χ1) is 48.0. The van der Waals surface area contributed by atoms with Gasteiger partial charge in [0, 0.05) is 54.1 Å². The van der Waals surface area contributed by atoms with Crippen molar-refractivity contribution in [2.45, 2.75) is 307 Å². The smallest absolute Gasteiger partial charge is 0.186 e. The van der Waals surface area contributed by atoms with Gasteiger partial charge in [-0.25, -0.2) is 0 Å². The van der Waals surface area contributed by atoms with Crippen LogP contribution in [0, 0.1) is 0 Å². The molecule has 0 radical (unpaired) electrons. The summed E-state index contributed by atoms with van der Waals surface area (Å²) in [6.07, 6.45) is 4.71. The molecule has 8 heterocycles. The van der Waals surface area contributed by atoms with Crippen molar-refractivity contribution in [2.75, 3.05) is 54.9 Å². The Hall–Kier alpha value is -4.56. The van der Waals surface area contributed by atoms with E-state index in [0.29, 0.717) is 103 Å². The van der Waals surface area contributed by atoms with Crippen LogP contribution in [0.1, 0.15) is 201 Å². The van der Waals surface area contributed by atoms with Crippen LogP contribution in [-0.2, 0) is 127 Å². The molecule has 100 heavy (non-hydrogen) atoms. The lowest BCUT2D eigenvalue weighted by Crippen LogP contribution is -2.30. The minimum Gasteiger partial charge on any atom is -0.493 e. The molecule has 16 atom stereocenters. The summed E-state index contributed by atoms with van der Waals surface area (Å²) in [5.41, 5.74) is 13.0. The highest BCUT2D eigenvalue weighted by atomic mass is 16.8. The average molecular weight is 1390 g/mol. The van der Waals surface area contributed by atoms with Crippen LogP contribution in [0.3, 0.4) is 0 Å². The lowest BCUT2D eigenvalue weighted by atomic mass is 9.86. The average Bonchev–Trinajstić information content (AvgIpc) is 1.39. The van der Waals surface area contributed by atoms with Crippen LogP contribution in [-0.4, -0.2) is 176 Å². The molecule has 8 aliphatic heterocycles. The monoisotopic (exact) mass is 1390 g/mol. The molecular formula is C80H112O20. The summed E-state index contributed by atoms with van der Waals surface area (Å²) < 4.78 is 131. The summed E-state index contributed by atoms with van der Waals surface area (Å²) in [5, 5.41) is 0. The van der Waals surface area contributed by atoms with Crippen LogP contribution in [0.4, 0.5) is 0 Å². The SMILES string of the molecule is CCCOc1c2cc(CC[C@@H]3O[C@@H](OC)[C@@H]4OC(C)(C)O[C@@H]43)cc1Cc1cc(CC[C@@H]3O[C@@H](OC)[C@@H]4OC(C)(C)O[C@@H]43)cc(c1OCCC)Cc1cc(CC[C@@H]3O[C@@H](OC)[C@@H]4OC(C)(C)O[C@@H]43)cc(c1OCCC)Cc1cc(CC[C@@H]3O[C@@H](OC)[C@@H]4OC(C)(C)O[C@@H]43)cc(c1OCCC)C2. The Balaban J connectivity index is 0.981. The third-order valence-electron chi connectivity index (χ3n) is 20.8. The van der Waals surface area contributed by atoms with Gasteiger partial charge in [0.2, 0.25) is 0 Å². The summed E-state index contributed by atoms with van der Waals surface area (Å²) in [5.74, 6) is 0.334. The fourth-order valence-corrected chi connectivity index (χ4v) is 16.8. The molecule has 0 aromatic heterocycles. The fourth-order valence-electron chi connectivity index (χ4n) is 16.8. The van der Waals surface area contributed by atoms with Gasteiger partial charge < -0.3 is 94.7 Å². The summed E-state index contributed by atoms with van der Waals surface area (Å²) in [6, 6.07) is 18.9. The Kier molecular flexibility index (Phi) is 22.8. The second-order valence-corrected chi connectivity index (χ2v) is 30.6. The summed E-state index contributed by atoms with van der Waals surface area (Å²) >= 11 is 0. The Labute approximate surface area is 592 Å². The maximum Gasteiger partial charge on any atom is 0.186 e. The zero-order valence-corrected chi connectivity index (χ0v) is 62.2. The number of ether oxygens (including phenoxy) is 20. The van der Waals surface area contributed by atoms with E-state index in [1.807, 2.05) is 55.4 Å². The predicted octanol–water partition coefficient (Wildman–Crippen LogP) is 12.8. The van der Waals surface area contributed by atoms with Gasteiger partial charge in [0.15, 0.2) is 48.3 Å². The number of aryl methyl sites for hydroxylation is 4. The summed E-state index contributed by atoms with van der Waals surface area (Å²) in [7, 11) is 6.68. The first-order valence-corrected chi connectivity index (χ1v) is 37.3. The van der Waals surface area contributed by atoms with Crippen LogP contribution in [0.25, 0.3) is 0 Å². The maximum absolute atomic E-state index is 7.23. The van der Waals surface area contributed by atoms with Gasteiger partial charge in [-0.15, -0.1) is 0 Å². The molecule has 8 fully saturated rings. The van der Waals surface area contributed by atoms with Crippen LogP contribution in [0.2, 0.25) is 0 Å². The van der Waals surface area contributed by atoms with Crippen molar-refractivity contribution in [1.29, 1.82) is 0 Å². The maximum atomic E-state index is 7.23. The highest BCUT2D eigenvalue weighted by Gasteiger charge is 2.59. The lowest BCUT2D eigenvalue weighted by Gasteiger charge is -2.26. The van der Waals surface area contributed by atoms with E-state index in [0.717, 1.165) is 115 Å². The number of benzene rings is 4. The van der Waals surface area contributed by atoms with Crippen molar-refractivity contribution in [3.8, 4) is 23.0 Å². The Morgan fingerprint density at radius 1 is 0.290 bits per heavy atom. The Bertz CT molecular complexity index is 2920. The van der Waals surface area contributed by atoms with E-state index in [-0.39, 0.29) is 73.2 Å². The second kappa shape index (κ2) is 30.9. The van der Waals surface area contributed by atoms with Crippen LogP contribution < -0.4 is 18.9 Å². The Morgan fingerprint density at radius 2 is 0.470 bits per heavy atom. The highest BCUT2D eigenvalue weighted by molar-refractivity contribution is 5.59. The fraction of sp³-hybridized carbons (Fsp3) is 0.700. The molecule has 8 bridgehead atoms. The Morgan fingerprint density at radius 3 is 0.640 bits per heavy atom. The number of hydrogen-bond donors (Lipinski definition) is 0. The molecule has 1 aliphatic carbocycles. The molecule has 4 aromatic carbocycles. The third kappa shape index (κ3) is 16.0. The number of fused-ring (bicyclic) bond motifs is 12. The van der Waals surface area contributed by atoms with Gasteiger partial charge in [-0.1, -0.05) is 76.2 Å². The molecule has 20 heteroatoms. The van der Waals surface area contributed by atoms with Gasteiger partial charge >= 0.3 is 0 Å². The number of rotatable bonds is 28. The summed E-state index contributed by atoms with van der Waals surface area (Å²) in [6.45, 7) is 26.4. The van der Waals surface area contributed by atoms with Crippen molar-refractivity contribution in [3.05, 3.63) is 115 Å². The van der Waals surface area contributed by atoms with Gasteiger partial charge in [-0.05, 0) is 199 Å². The van der Waals surface area contributed by atoms with E-state index in [1.54, 1.807) is 28.4 Å². The molecule has 13 rings (SSSR count). The minimum atomic E-state index is -0.775. The van der Waals surface area contributed by atoms with Crippen molar-refractivity contribution >= 4 is 0 Å². The van der Waals surface area contributed by atoms with Crippen LogP contribution in [0.5, 0.6) is 23.0 Å². The van der Waals surface area contributed by atoms with Gasteiger partial charge in [0.05, 0.1) is 50.8 Å². The largest absolute Gasteiger partial charge is 0.493 e. The molecule has 20 nitrogen and oxygen atoms in total. The van der Waals surface area contributed by atoms with Crippen molar-refractivity contribution in [3.63, 3.8) is 0 Å². The van der Waals surface area contributed by atoms with Gasteiger partial charge in [0.1, 0.15) is 71.8 Å². The molecule has 552 valence electrons. The zero-order chi connectivity index (χ0) is 70.4. The second-order valence-electron chi connectivity index (χ2n) is 30.6. The number of hydrogen-bond acceptors (Lipinski definition) is 20. The van der Waals surface area contributed by atoms with E-state index in [2.05, 4.69) is 76.2 Å². The molecule has 4 aromatic rings. The standard InChI is InChI=1S/C80H112O20/c1-17-29-85-61-49-33-45(21-25-57-65-69(73(81-13)89-57)97-77(5,6)93-65)34-50(61)42-52-36-47(23-27-59-67-71(75(83-15)91-59)99-79(9,10)95-67)38-54(63(52)87-31-19-3)44-56-40-48(24-28-60-68-72(76(84-16)92-60)100-80(11,12)96-68)39-55(64(56)88-32-20-4)43-53-37-46(35-51(41-49)62(53)86-30-18-2)22-26-58-66-70(74(82-14)90-58)98-78(7,8)94-66/h33-40,57-60,65-76H,17-32,41-44H2,1-16H3/t57-,58-,59-,60-,65+,66+,67+,68+,69+,70+,71+,72+,73+,74+,75+,76+/m0/s1. The molecule has 0 N–H and O–H groups in total. The third-order valence-corrected chi connectivity index (χ3v) is 20.8. The highest BCUT2D eigenvalue weighted by Crippen LogP contribution is 2.48. The van der Waals surface area contributed by atoms with Crippen LogP contribution in [0.15, 0.2) is 48.5 Å². The van der Waals surface area contributed by atoms with Gasteiger partial charge in [-0.2, -0.15) is 0 Å². The van der Waals surface area contributed by atoms with Crippen molar-refractivity contribution < 1.29 is 94.7 Å². The number of methoxy groups -OCH3 is 4. The van der Waals surface area contributed by atoms with Gasteiger partial charge in [-0.3, -0.25) is 0 Å². The molecular weight excluding hydrogens is 1280 g/mol. The quantitative estimate of drug-likeness (QED) is 0.0460. The minimum absolute atomic E-state index is 0.276. The molecule has 0 saturated carbocycles. The molecule has 8 saturated heterocycles. The molecule has 0 amide bonds. The first kappa shape index (κ1) is 73.7. The van der Waals surface area contributed by atoms with Crippen molar-refractivity contribution in [1.82, 2.24) is 0 Å². The normalized spacial score (nSPS) is 31.7. The molecule has 9 aliphatic rings. The lowest BCUT2D eigenvalue weighted by molar-refractivity contribution is -0.227. The van der Waals surface area contributed by atoms with E-state index in [9.17, 15) is 0 Å². The molecule has 0 unspecified atom stereocenters. The van der Waals surface area contributed by atoms with E-state index >= 15 is 0 Å². The van der Waals surface area contributed by atoms with Crippen LogP contribution >= 0.6 is 0 Å². The molecule has 0 spiro atoms. The van der Waals surface area contributed by atoms with E-state index in [4.69, 9.17) is 94.7 Å². The van der Waals surface area contributed by atoms with E-state index < -0.39 is 48.3 Å². The summed E-state index contributed by atoms with van der Waals surface area (Å²) in [4.78, 5) is 0. The first-order valence-electron chi connectivity index (χ1n) is 37.3.